The van der Waals surface area contributed by atoms with Gasteiger partial charge in [-0.25, -0.2) is 0 Å². The molecule has 0 bridgehead atoms. The highest BCUT2D eigenvalue weighted by molar-refractivity contribution is 5.18. The third kappa shape index (κ3) is 2.26. The average molecular weight is 222 g/mol. The van der Waals surface area contributed by atoms with Gasteiger partial charge in [-0.15, -0.1) is 0 Å². The van der Waals surface area contributed by atoms with Crippen LogP contribution in [-0.4, -0.2) is 27.5 Å². The summed E-state index contributed by atoms with van der Waals surface area (Å²) in [6, 6.07) is 9.31. The Morgan fingerprint density at radius 3 is 2.44 bits per heavy atom. The minimum Gasteiger partial charge on any atom is -0.390 e. The first-order valence-corrected chi connectivity index (χ1v) is 5.79. The van der Waals surface area contributed by atoms with Gasteiger partial charge in [0.25, 0.3) is 0 Å². The summed E-state index contributed by atoms with van der Waals surface area (Å²) in [6.45, 7) is 0. The molecule has 1 aromatic carbocycles. The Hall–Kier alpha value is -0.900. The first-order valence-electron chi connectivity index (χ1n) is 5.79. The van der Waals surface area contributed by atoms with Crippen molar-refractivity contribution in [2.75, 3.05) is 0 Å². The van der Waals surface area contributed by atoms with Crippen molar-refractivity contribution < 1.29 is 15.3 Å². The molecular weight excluding hydrogens is 204 g/mol. The van der Waals surface area contributed by atoms with Crippen LogP contribution in [0.4, 0.5) is 0 Å². The number of hydrogen-bond donors (Lipinski definition) is 3. The molecule has 2 rings (SSSR count). The van der Waals surface area contributed by atoms with Crippen LogP contribution < -0.4 is 0 Å². The third-order valence-corrected chi connectivity index (χ3v) is 3.42. The monoisotopic (exact) mass is 222 g/mol. The van der Waals surface area contributed by atoms with Gasteiger partial charge in [-0.3, -0.25) is 0 Å². The maximum atomic E-state index is 10.2. The van der Waals surface area contributed by atoms with Crippen LogP contribution in [0.1, 0.15) is 30.9 Å². The van der Waals surface area contributed by atoms with Crippen LogP contribution in [0, 0.1) is 5.92 Å². The zero-order chi connectivity index (χ0) is 11.5. The lowest BCUT2D eigenvalue weighted by atomic mass is 9.79. The van der Waals surface area contributed by atoms with Crippen molar-refractivity contribution in [2.24, 2.45) is 5.92 Å². The summed E-state index contributed by atoms with van der Waals surface area (Å²) in [4.78, 5) is 0. The number of rotatable bonds is 2. The number of hydrogen-bond acceptors (Lipinski definition) is 3. The number of aliphatic hydroxyl groups is 3. The zero-order valence-corrected chi connectivity index (χ0v) is 9.16. The van der Waals surface area contributed by atoms with Gasteiger partial charge in [0.05, 0.1) is 18.3 Å². The largest absolute Gasteiger partial charge is 0.390 e. The van der Waals surface area contributed by atoms with E-state index in [2.05, 4.69) is 0 Å². The van der Waals surface area contributed by atoms with Crippen molar-refractivity contribution in [3.8, 4) is 0 Å². The van der Waals surface area contributed by atoms with Crippen molar-refractivity contribution >= 4 is 0 Å². The van der Waals surface area contributed by atoms with Gasteiger partial charge >= 0.3 is 0 Å². The Kier molecular flexibility index (Phi) is 3.59. The summed E-state index contributed by atoms with van der Waals surface area (Å²) in [5.41, 5.74) is 0.806. The second-order valence-electron chi connectivity index (χ2n) is 4.51. The molecule has 3 nitrogen and oxygen atoms in total. The second-order valence-corrected chi connectivity index (χ2v) is 4.51. The van der Waals surface area contributed by atoms with Crippen LogP contribution in [-0.2, 0) is 0 Å². The Morgan fingerprint density at radius 2 is 1.75 bits per heavy atom. The van der Waals surface area contributed by atoms with Crippen molar-refractivity contribution in [1.82, 2.24) is 0 Å². The quantitative estimate of drug-likeness (QED) is 0.705. The molecule has 1 aliphatic rings. The predicted molar refractivity (Wildman–Crippen MR) is 60.8 cm³/mol. The average Bonchev–Trinajstić information content (AvgIpc) is 2.33. The van der Waals surface area contributed by atoms with Gasteiger partial charge in [0.2, 0.25) is 0 Å². The van der Waals surface area contributed by atoms with Crippen molar-refractivity contribution in [3.63, 3.8) is 0 Å². The minimum atomic E-state index is -0.816. The molecular formula is C13H18O3. The molecule has 3 N–H and O–H groups in total. The van der Waals surface area contributed by atoms with Gasteiger partial charge in [-0.05, 0) is 18.4 Å². The SMILES string of the molecule is O[C@H](c1ccccc1)C1CCC[C@H](O)[C@@H]1O. The fraction of sp³-hybridized carbons (Fsp3) is 0.538. The van der Waals surface area contributed by atoms with Gasteiger partial charge in [0.1, 0.15) is 0 Å². The Bertz CT molecular complexity index is 325. The Labute approximate surface area is 95.4 Å². The lowest BCUT2D eigenvalue weighted by Crippen LogP contribution is -2.40. The normalized spacial score (nSPS) is 32.3. The van der Waals surface area contributed by atoms with E-state index in [1.165, 1.54) is 0 Å². The van der Waals surface area contributed by atoms with E-state index in [1.807, 2.05) is 30.3 Å². The lowest BCUT2D eigenvalue weighted by molar-refractivity contribution is -0.0838. The zero-order valence-electron chi connectivity index (χ0n) is 9.16. The van der Waals surface area contributed by atoms with E-state index < -0.39 is 18.3 Å². The molecule has 0 spiro atoms. The van der Waals surface area contributed by atoms with Crippen molar-refractivity contribution in [1.29, 1.82) is 0 Å². The summed E-state index contributed by atoms with van der Waals surface area (Å²) in [6.07, 6.45) is 0.0347. The predicted octanol–water partition coefficient (Wildman–Crippen LogP) is 1.24. The molecule has 1 aromatic rings. The first kappa shape index (κ1) is 11.6. The van der Waals surface area contributed by atoms with E-state index in [9.17, 15) is 15.3 Å². The van der Waals surface area contributed by atoms with Crippen molar-refractivity contribution in [2.45, 2.75) is 37.6 Å². The molecule has 1 saturated carbocycles. The van der Waals surface area contributed by atoms with E-state index in [1.54, 1.807) is 0 Å². The molecule has 16 heavy (non-hydrogen) atoms. The highest BCUT2D eigenvalue weighted by Crippen LogP contribution is 2.34. The standard InChI is InChI=1S/C13H18O3/c14-11-8-4-7-10(13(11)16)12(15)9-5-2-1-3-6-9/h1-3,5-6,10-16H,4,7-8H2/t10?,11-,12+,13+/m0/s1. The molecule has 0 amide bonds. The van der Waals surface area contributed by atoms with Gasteiger partial charge < -0.3 is 15.3 Å². The Balaban J connectivity index is 2.12. The topological polar surface area (TPSA) is 60.7 Å². The van der Waals surface area contributed by atoms with E-state index in [0.717, 1.165) is 18.4 Å². The molecule has 1 aliphatic carbocycles. The molecule has 3 heteroatoms. The molecule has 1 fully saturated rings. The van der Waals surface area contributed by atoms with Crippen LogP contribution >= 0.6 is 0 Å². The van der Waals surface area contributed by atoms with Crippen LogP contribution in [0.25, 0.3) is 0 Å². The molecule has 0 radical (unpaired) electrons. The summed E-state index contributed by atoms with van der Waals surface area (Å²) in [5.74, 6) is -0.258. The van der Waals surface area contributed by atoms with E-state index >= 15 is 0 Å². The summed E-state index contributed by atoms with van der Waals surface area (Å²) >= 11 is 0. The van der Waals surface area contributed by atoms with Crippen LogP contribution in [0.2, 0.25) is 0 Å². The van der Waals surface area contributed by atoms with E-state index in [4.69, 9.17) is 0 Å². The van der Waals surface area contributed by atoms with Crippen LogP contribution in [0.15, 0.2) is 30.3 Å². The van der Waals surface area contributed by atoms with E-state index in [0.29, 0.717) is 6.42 Å². The van der Waals surface area contributed by atoms with Crippen LogP contribution in [0.5, 0.6) is 0 Å². The molecule has 0 aliphatic heterocycles. The number of aliphatic hydroxyl groups excluding tert-OH is 3. The first-order chi connectivity index (χ1) is 7.70. The highest BCUT2D eigenvalue weighted by atomic mass is 16.3. The van der Waals surface area contributed by atoms with Crippen LogP contribution in [0.3, 0.4) is 0 Å². The fourth-order valence-corrected chi connectivity index (χ4v) is 2.43. The maximum absolute atomic E-state index is 10.2. The number of benzene rings is 1. The van der Waals surface area contributed by atoms with Crippen molar-refractivity contribution in [3.05, 3.63) is 35.9 Å². The van der Waals surface area contributed by atoms with E-state index in [-0.39, 0.29) is 5.92 Å². The lowest BCUT2D eigenvalue weighted by Gasteiger charge is -2.34. The third-order valence-electron chi connectivity index (χ3n) is 3.42. The van der Waals surface area contributed by atoms with Gasteiger partial charge in [-0.2, -0.15) is 0 Å². The Morgan fingerprint density at radius 1 is 1.06 bits per heavy atom. The summed E-state index contributed by atoms with van der Waals surface area (Å²) in [7, 11) is 0. The smallest absolute Gasteiger partial charge is 0.0855 e. The van der Waals surface area contributed by atoms with Gasteiger partial charge in [-0.1, -0.05) is 36.8 Å². The molecule has 0 heterocycles. The molecule has 1 unspecified atom stereocenters. The second kappa shape index (κ2) is 4.95. The fourth-order valence-electron chi connectivity index (χ4n) is 2.43. The molecule has 4 atom stereocenters. The minimum absolute atomic E-state index is 0.258. The maximum Gasteiger partial charge on any atom is 0.0855 e. The summed E-state index contributed by atoms with van der Waals surface area (Å²) < 4.78 is 0. The van der Waals surface area contributed by atoms with Gasteiger partial charge in [0, 0.05) is 5.92 Å². The highest BCUT2D eigenvalue weighted by Gasteiger charge is 2.35. The molecule has 0 aromatic heterocycles. The molecule has 0 saturated heterocycles. The molecule has 88 valence electrons. The summed E-state index contributed by atoms with van der Waals surface area (Å²) in [5, 5.41) is 29.6. The van der Waals surface area contributed by atoms with Gasteiger partial charge in [0.15, 0.2) is 0 Å².